The van der Waals surface area contributed by atoms with Crippen LogP contribution in [-0.2, 0) is 5.41 Å². The average Bonchev–Trinajstić information content (AvgIpc) is 2.54. The number of hydrogen-bond donors (Lipinski definition) is 0. The van der Waals surface area contributed by atoms with E-state index in [0.717, 1.165) is 24.7 Å². The molecule has 0 saturated carbocycles. The first-order valence-corrected chi connectivity index (χ1v) is 8.17. The molecule has 0 N–H and O–H groups in total. The van der Waals surface area contributed by atoms with Gasteiger partial charge in [0.15, 0.2) is 11.6 Å². The molecule has 0 spiro atoms. The van der Waals surface area contributed by atoms with Crippen LogP contribution in [0.15, 0.2) is 18.6 Å². The molecule has 6 nitrogen and oxygen atoms in total. The third-order valence-corrected chi connectivity index (χ3v) is 4.15. The van der Waals surface area contributed by atoms with Gasteiger partial charge in [0, 0.05) is 37.8 Å². The molecule has 2 aromatic heterocycles. The molecule has 7 heteroatoms. The minimum absolute atomic E-state index is 0.309. The molecular formula is C17H23FN6. The lowest BCUT2D eigenvalue weighted by Gasteiger charge is -2.36. The van der Waals surface area contributed by atoms with Gasteiger partial charge in [0.05, 0.1) is 5.69 Å². The van der Waals surface area contributed by atoms with Crippen LogP contribution in [0.4, 0.5) is 16.0 Å². The van der Waals surface area contributed by atoms with E-state index < -0.39 is 0 Å². The molecule has 0 atom stereocenters. The van der Waals surface area contributed by atoms with Crippen LogP contribution in [0.2, 0.25) is 0 Å². The van der Waals surface area contributed by atoms with Crippen molar-refractivity contribution in [2.24, 2.45) is 0 Å². The lowest BCUT2D eigenvalue weighted by atomic mass is 9.91. The Morgan fingerprint density at radius 1 is 1.00 bits per heavy atom. The van der Waals surface area contributed by atoms with E-state index in [0.29, 0.717) is 24.6 Å². The number of aromatic nitrogens is 4. The third kappa shape index (κ3) is 3.29. The van der Waals surface area contributed by atoms with Crippen molar-refractivity contribution >= 4 is 11.6 Å². The zero-order chi connectivity index (χ0) is 17.3. The van der Waals surface area contributed by atoms with Gasteiger partial charge in [0.2, 0.25) is 0 Å². The van der Waals surface area contributed by atoms with Crippen molar-refractivity contribution in [3.8, 4) is 0 Å². The normalized spacial score (nSPS) is 15.7. The largest absolute Gasteiger partial charge is 0.353 e. The van der Waals surface area contributed by atoms with E-state index in [1.54, 1.807) is 6.20 Å². The van der Waals surface area contributed by atoms with Crippen LogP contribution in [0.25, 0.3) is 0 Å². The predicted octanol–water partition coefficient (Wildman–Crippen LogP) is 2.34. The fourth-order valence-electron chi connectivity index (χ4n) is 2.87. The van der Waals surface area contributed by atoms with E-state index in [1.165, 1.54) is 6.33 Å². The number of nitrogens with zero attached hydrogens (tertiary/aromatic N) is 6. The maximum Gasteiger partial charge on any atom is 0.187 e. The van der Waals surface area contributed by atoms with E-state index in [2.05, 4.69) is 24.8 Å². The number of aryl methyl sites for hydroxylation is 1. The van der Waals surface area contributed by atoms with Crippen LogP contribution in [0.1, 0.15) is 32.3 Å². The topological polar surface area (TPSA) is 58.0 Å². The molecule has 0 aliphatic carbocycles. The van der Waals surface area contributed by atoms with Crippen LogP contribution < -0.4 is 9.80 Å². The standard InChI is InChI=1S/C17H23FN6/c1-12-19-6-5-13(22-12)23-7-9-24(10-8-23)16-14(18)15(17(2,3)4)20-11-21-16/h5-6,11H,7-10H2,1-4H3. The molecule has 128 valence electrons. The van der Waals surface area contributed by atoms with Gasteiger partial charge in [-0.3, -0.25) is 0 Å². The van der Waals surface area contributed by atoms with Crippen LogP contribution in [0.5, 0.6) is 0 Å². The van der Waals surface area contributed by atoms with Crippen LogP contribution in [0.3, 0.4) is 0 Å². The average molecular weight is 330 g/mol. The molecule has 0 amide bonds. The van der Waals surface area contributed by atoms with Crippen molar-refractivity contribution in [3.63, 3.8) is 0 Å². The molecular weight excluding hydrogens is 307 g/mol. The molecule has 0 radical (unpaired) electrons. The highest BCUT2D eigenvalue weighted by Crippen LogP contribution is 2.28. The van der Waals surface area contributed by atoms with Crippen molar-refractivity contribution in [2.75, 3.05) is 36.0 Å². The summed E-state index contributed by atoms with van der Waals surface area (Å²) in [6, 6.07) is 1.91. The van der Waals surface area contributed by atoms with Gasteiger partial charge in [-0.1, -0.05) is 20.8 Å². The van der Waals surface area contributed by atoms with Gasteiger partial charge >= 0.3 is 0 Å². The van der Waals surface area contributed by atoms with Gasteiger partial charge in [-0.15, -0.1) is 0 Å². The van der Waals surface area contributed by atoms with Crippen LogP contribution in [-0.4, -0.2) is 46.1 Å². The molecule has 2 aromatic rings. The Hall–Kier alpha value is -2.31. The number of rotatable bonds is 2. The summed E-state index contributed by atoms with van der Waals surface area (Å²) in [6.07, 6.45) is 3.23. The summed E-state index contributed by atoms with van der Waals surface area (Å²) in [4.78, 5) is 21.1. The van der Waals surface area contributed by atoms with Gasteiger partial charge in [0.1, 0.15) is 18.0 Å². The molecule has 1 saturated heterocycles. The third-order valence-electron chi connectivity index (χ3n) is 4.15. The van der Waals surface area contributed by atoms with E-state index in [-0.39, 0.29) is 11.2 Å². The Balaban J connectivity index is 1.76. The SMILES string of the molecule is Cc1nccc(N2CCN(c3ncnc(C(C)(C)C)c3F)CC2)n1. The van der Waals surface area contributed by atoms with E-state index in [4.69, 9.17) is 0 Å². The molecule has 3 heterocycles. The quantitative estimate of drug-likeness (QED) is 0.842. The first-order chi connectivity index (χ1) is 11.4. The first-order valence-electron chi connectivity index (χ1n) is 8.17. The van der Waals surface area contributed by atoms with Crippen LogP contribution in [0, 0.1) is 12.7 Å². The predicted molar refractivity (Wildman–Crippen MR) is 91.9 cm³/mol. The lowest BCUT2D eigenvalue weighted by molar-refractivity contribution is 0.492. The second-order valence-corrected chi connectivity index (χ2v) is 7.05. The molecule has 0 aromatic carbocycles. The first kappa shape index (κ1) is 16.5. The van der Waals surface area contributed by atoms with Gasteiger partial charge in [-0.25, -0.2) is 24.3 Å². The van der Waals surface area contributed by atoms with Gasteiger partial charge < -0.3 is 9.80 Å². The molecule has 0 unspecified atom stereocenters. The highest BCUT2D eigenvalue weighted by atomic mass is 19.1. The Bertz CT molecular complexity index is 719. The maximum absolute atomic E-state index is 14.8. The number of hydrogen-bond acceptors (Lipinski definition) is 6. The fourth-order valence-corrected chi connectivity index (χ4v) is 2.87. The van der Waals surface area contributed by atoms with Gasteiger partial charge in [0.25, 0.3) is 0 Å². The lowest BCUT2D eigenvalue weighted by Crippen LogP contribution is -2.47. The molecule has 0 bridgehead atoms. The van der Waals surface area contributed by atoms with Crippen molar-refractivity contribution < 1.29 is 4.39 Å². The molecule has 1 aliphatic heterocycles. The molecule has 1 aliphatic rings. The maximum atomic E-state index is 14.8. The van der Waals surface area contributed by atoms with E-state index in [9.17, 15) is 4.39 Å². The summed E-state index contributed by atoms with van der Waals surface area (Å²) < 4.78 is 14.8. The summed E-state index contributed by atoms with van der Waals surface area (Å²) in [7, 11) is 0. The summed E-state index contributed by atoms with van der Waals surface area (Å²) in [5.74, 6) is 1.76. The Kier molecular flexibility index (Phi) is 4.34. The fraction of sp³-hybridized carbons (Fsp3) is 0.529. The highest BCUT2D eigenvalue weighted by Gasteiger charge is 2.27. The summed E-state index contributed by atoms with van der Waals surface area (Å²) in [5.41, 5.74) is 0.114. The van der Waals surface area contributed by atoms with E-state index in [1.807, 2.05) is 38.7 Å². The monoisotopic (exact) mass is 330 g/mol. The van der Waals surface area contributed by atoms with Crippen molar-refractivity contribution in [1.29, 1.82) is 0 Å². The zero-order valence-corrected chi connectivity index (χ0v) is 14.6. The van der Waals surface area contributed by atoms with Crippen molar-refractivity contribution in [3.05, 3.63) is 35.9 Å². The van der Waals surface area contributed by atoms with Crippen LogP contribution >= 0.6 is 0 Å². The van der Waals surface area contributed by atoms with Gasteiger partial charge in [-0.05, 0) is 13.0 Å². The second-order valence-electron chi connectivity index (χ2n) is 7.05. The molecule has 24 heavy (non-hydrogen) atoms. The summed E-state index contributed by atoms with van der Waals surface area (Å²) >= 11 is 0. The molecule has 1 fully saturated rings. The minimum atomic E-state index is -0.345. The Morgan fingerprint density at radius 3 is 2.29 bits per heavy atom. The summed E-state index contributed by atoms with van der Waals surface area (Å²) in [6.45, 7) is 10.7. The van der Waals surface area contributed by atoms with Crippen molar-refractivity contribution in [1.82, 2.24) is 19.9 Å². The Morgan fingerprint density at radius 2 is 1.67 bits per heavy atom. The number of anilines is 2. The van der Waals surface area contributed by atoms with Gasteiger partial charge in [-0.2, -0.15) is 0 Å². The highest BCUT2D eigenvalue weighted by molar-refractivity contribution is 5.46. The number of halogens is 1. The van der Waals surface area contributed by atoms with E-state index >= 15 is 0 Å². The summed E-state index contributed by atoms with van der Waals surface area (Å²) in [5, 5.41) is 0. The van der Waals surface area contributed by atoms with Crippen molar-refractivity contribution in [2.45, 2.75) is 33.1 Å². The zero-order valence-electron chi connectivity index (χ0n) is 14.6. The second kappa shape index (κ2) is 6.30. The molecule has 3 rings (SSSR count). The Labute approximate surface area is 141 Å². The minimum Gasteiger partial charge on any atom is -0.353 e. The number of piperazine rings is 1. The smallest absolute Gasteiger partial charge is 0.187 e.